The summed E-state index contributed by atoms with van der Waals surface area (Å²) in [5.41, 5.74) is 6.69. The van der Waals surface area contributed by atoms with Crippen molar-refractivity contribution in [1.82, 2.24) is 14.9 Å². The van der Waals surface area contributed by atoms with Gasteiger partial charge in [0.25, 0.3) is 5.91 Å². The van der Waals surface area contributed by atoms with Crippen LogP contribution in [0.3, 0.4) is 0 Å². The van der Waals surface area contributed by atoms with Gasteiger partial charge < -0.3 is 20.3 Å². The predicted octanol–water partition coefficient (Wildman–Crippen LogP) is 0.123. The summed E-state index contributed by atoms with van der Waals surface area (Å²) in [6, 6.07) is 0.197. The van der Waals surface area contributed by atoms with Crippen LogP contribution < -0.4 is 10.6 Å². The Morgan fingerprint density at radius 1 is 1.22 bits per heavy atom. The molecule has 1 aromatic heterocycles. The van der Waals surface area contributed by atoms with Crippen LogP contribution in [0.2, 0.25) is 0 Å². The number of carbonyl (C=O) groups is 1. The minimum absolute atomic E-state index is 0.0649. The lowest BCUT2D eigenvalue weighted by Gasteiger charge is -2.26. The summed E-state index contributed by atoms with van der Waals surface area (Å²) in [6.07, 6.45) is 5.88. The van der Waals surface area contributed by atoms with Gasteiger partial charge in [-0.15, -0.1) is 0 Å². The van der Waals surface area contributed by atoms with E-state index in [2.05, 4.69) is 14.9 Å². The molecule has 0 spiro atoms. The van der Waals surface area contributed by atoms with E-state index in [0.717, 1.165) is 24.8 Å². The number of aromatic nitrogens is 2. The predicted molar refractivity (Wildman–Crippen MR) is 85.2 cm³/mol. The Bertz CT molecular complexity index is 586. The number of hydrogen-bond acceptors (Lipinski definition) is 6. The second-order valence-corrected chi connectivity index (χ2v) is 6.74. The minimum Gasteiger partial charge on any atom is -0.378 e. The van der Waals surface area contributed by atoms with Crippen molar-refractivity contribution in [2.24, 2.45) is 17.6 Å². The van der Waals surface area contributed by atoms with Crippen LogP contribution in [-0.4, -0.2) is 66.2 Å². The van der Waals surface area contributed by atoms with E-state index in [-0.39, 0.29) is 11.9 Å². The van der Waals surface area contributed by atoms with Gasteiger partial charge in [-0.25, -0.2) is 4.98 Å². The number of nitrogens with two attached hydrogens (primary N) is 1. The normalized spacial score (nSPS) is 28.2. The number of rotatable bonds is 3. The molecule has 4 rings (SSSR count). The molecule has 2 unspecified atom stereocenters. The summed E-state index contributed by atoms with van der Waals surface area (Å²) in [4.78, 5) is 25.3. The van der Waals surface area contributed by atoms with E-state index >= 15 is 0 Å². The summed E-state index contributed by atoms with van der Waals surface area (Å²) < 4.78 is 5.29. The molecular weight excluding hydrogens is 294 g/mol. The third-order valence-electron chi connectivity index (χ3n) is 5.10. The molecule has 3 heterocycles. The van der Waals surface area contributed by atoms with E-state index in [9.17, 15) is 4.79 Å². The van der Waals surface area contributed by atoms with Gasteiger partial charge in [0, 0.05) is 32.2 Å². The van der Waals surface area contributed by atoms with Gasteiger partial charge in [0.2, 0.25) is 0 Å². The van der Waals surface area contributed by atoms with Crippen LogP contribution in [0.1, 0.15) is 23.3 Å². The van der Waals surface area contributed by atoms with Gasteiger partial charge in [-0.05, 0) is 24.7 Å². The molecule has 7 heteroatoms. The van der Waals surface area contributed by atoms with Crippen LogP contribution >= 0.6 is 0 Å². The Morgan fingerprint density at radius 2 is 2.00 bits per heavy atom. The van der Waals surface area contributed by atoms with Crippen LogP contribution in [0.5, 0.6) is 0 Å². The molecule has 1 aromatic rings. The quantitative estimate of drug-likeness (QED) is 0.852. The Morgan fingerprint density at radius 3 is 2.74 bits per heavy atom. The van der Waals surface area contributed by atoms with Gasteiger partial charge in [0.15, 0.2) is 0 Å². The molecule has 3 fully saturated rings. The third kappa shape index (κ3) is 3.03. The van der Waals surface area contributed by atoms with E-state index in [4.69, 9.17) is 10.5 Å². The molecule has 23 heavy (non-hydrogen) atoms. The van der Waals surface area contributed by atoms with Crippen LogP contribution in [-0.2, 0) is 4.74 Å². The van der Waals surface area contributed by atoms with Crippen molar-refractivity contribution >= 4 is 11.7 Å². The second-order valence-electron chi connectivity index (χ2n) is 6.74. The number of nitrogens with zero attached hydrogens (tertiary/aromatic N) is 4. The highest BCUT2D eigenvalue weighted by Gasteiger charge is 2.41. The maximum atomic E-state index is 12.5. The molecule has 2 aliphatic heterocycles. The van der Waals surface area contributed by atoms with E-state index < -0.39 is 0 Å². The zero-order valence-electron chi connectivity index (χ0n) is 13.2. The fourth-order valence-corrected chi connectivity index (χ4v) is 3.60. The highest BCUT2D eigenvalue weighted by Crippen LogP contribution is 2.41. The van der Waals surface area contributed by atoms with Gasteiger partial charge in [-0.3, -0.25) is 9.78 Å². The lowest BCUT2D eigenvalue weighted by Crippen LogP contribution is -2.41. The average molecular weight is 317 g/mol. The van der Waals surface area contributed by atoms with E-state index in [1.807, 2.05) is 0 Å². The summed E-state index contributed by atoms with van der Waals surface area (Å²) in [7, 11) is 0. The zero-order chi connectivity index (χ0) is 15.8. The molecule has 1 aliphatic carbocycles. The van der Waals surface area contributed by atoms with Crippen molar-refractivity contribution in [2.45, 2.75) is 18.9 Å². The smallest absolute Gasteiger partial charge is 0.274 e. The first-order valence-electron chi connectivity index (χ1n) is 8.42. The first kappa shape index (κ1) is 14.8. The van der Waals surface area contributed by atoms with Crippen molar-refractivity contribution in [1.29, 1.82) is 0 Å². The fraction of sp³-hybridized carbons (Fsp3) is 0.688. The van der Waals surface area contributed by atoms with Gasteiger partial charge in [-0.1, -0.05) is 0 Å². The number of carbonyl (C=O) groups excluding carboxylic acids is 1. The number of ether oxygens (including phenoxy) is 1. The molecule has 124 valence electrons. The maximum absolute atomic E-state index is 12.5. The number of hydrogen-bond donors (Lipinski definition) is 1. The SMILES string of the molecule is NC1CN(c2cncc(C(=O)N3CCOCC3)n2)CC1C1CC1. The van der Waals surface area contributed by atoms with Gasteiger partial charge in [0.05, 0.1) is 25.6 Å². The molecule has 1 saturated carbocycles. The molecule has 3 aliphatic rings. The monoisotopic (exact) mass is 317 g/mol. The molecule has 2 N–H and O–H groups in total. The Kier molecular flexibility index (Phi) is 3.90. The number of amides is 1. The summed E-state index contributed by atoms with van der Waals surface area (Å²) in [5.74, 6) is 2.03. The molecule has 0 aromatic carbocycles. The molecule has 2 saturated heterocycles. The first-order chi connectivity index (χ1) is 11.2. The lowest BCUT2D eigenvalue weighted by atomic mass is 9.99. The van der Waals surface area contributed by atoms with Crippen LogP contribution in [0.15, 0.2) is 12.4 Å². The Hall–Kier alpha value is -1.73. The highest BCUT2D eigenvalue weighted by atomic mass is 16.5. The largest absolute Gasteiger partial charge is 0.378 e. The zero-order valence-corrected chi connectivity index (χ0v) is 13.2. The average Bonchev–Trinajstić information content (AvgIpc) is 3.37. The molecule has 0 bridgehead atoms. The van der Waals surface area contributed by atoms with Crippen molar-refractivity contribution in [3.05, 3.63) is 18.1 Å². The van der Waals surface area contributed by atoms with Crippen LogP contribution in [0.25, 0.3) is 0 Å². The van der Waals surface area contributed by atoms with Crippen molar-refractivity contribution in [2.75, 3.05) is 44.3 Å². The number of anilines is 1. The fourth-order valence-electron chi connectivity index (χ4n) is 3.60. The van der Waals surface area contributed by atoms with Gasteiger partial charge >= 0.3 is 0 Å². The van der Waals surface area contributed by atoms with Crippen molar-refractivity contribution in [3.63, 3.8) is 0 Å². The van der Waals surface area contributed by atoms with Crippen LogP contribution in [0.4, 0.5) is 5.82 Å². The molecule has 2 atom stereocenters. The van der Waals surface area contributed by atoms with Gasteiger partial charge in [-0.2, -0.15) is 0 Å². The van der Waals surface area contributed by atoms with Crippen molar-refractivity contribution in [3.8, 4) is 0 Å². The first-order valence-corrected chi connectivity index (χ1v) is 8.42. The van der Waals surface area contributed by atoms with E-state index in [1.54, 1.807) is 17.3 Å². The Balaban J connectivity index is 1.48. The summed E-state index contributed by atoms with van der Waals surface area (Å²) in [6.45, 7) is 4.12. The Labute approximate surface area is 135 Å². The maximum Gasteiger partial charge on any atom is 0.274 e. The summed E-state index contributed by atoms with van der Waals surface area (Å²) >= 11 is 0. The lowest BCUT2D eigenvalue weighted by molar-refractivity contribution is 0.0299. The number of morpholine rings is 1. The second kappa shape index (κ2) is 6.05. The molecule has 7 nitrogen and oxygen atoms in total. The topological polar surface area (TPSA) is 84.6 Å². The van der Waals surface area contributed by atoms with E-state index in [1.165, 1.54) is 12.8 Å². The third-order valence-corrected chi connectivity index (χ3v) is 5.10. The highest BCUT2D eigenvalue weighted by molar-refractivity contribution is 5.92. The van der Waals surface area contributed by atoms with Crippen LogP contribution in [0, 0.1) is 11.8 Å². The minimum atomic E-state index is -0.0649. The molecule has 1 amide bonds. The molecular formula is C16H23N5O2. The van der Waals surface area contributed by atoms with Crippen molar-refractivity contribution < 1.29 is 9.53 Å². The standard InChI is InChI=1S/C16H23N5O2/c17-13-10-21(9-12(13)11-1-2-11)15-8-18-7-14(19-15)16(22)20-3-5-23-6-4-20/h7-8,11-13H,1-6,9-10,17H2. The summed E-state index contributed by atoms with van der Waals surface area (Å²) in [5, 5.41) is 0. The van der Waals surface area contributed by atoms with Gasteiger partial charge in [0.1, 0.15) is 11.5 Å². The molecule has 0 radical (unpaired) electrons. The van der Waals surface area contributed by atoms with E-state index in [0.29, 0.717) is 37.9 Å².